The van der Waals surface area contributed by atoms with Crippen LogP contribution >= 0.6 is 34.5 Å². The van der Waals surface area contributed by atoms with Crippen molar-refractivity contribution in [2.45, 2.75) is 4.90 Å². The number of carbonyl (C=O) groups excluding carboxylic acids is 1. The zero-order chi connectivity index (χ0) is 20.8. The fourth-order valence-electron chi connectivity index (χ4n) is 3.31. The van der Waals surface area contributed by atoms with Crippen LogP contribution in [0.15, 0.2) is 41.3 Å². The van der Waals surface area contributed by atoms with E-state index in [1.54, 1.807) is 35.2 Å². The summed E-state index contributed by atoms with van der Waals surface area (Å²) >= 11 is 13.5. The Labute approximate surface area is 182 Å². The number of rotatable bonds is 3. The van der Waals surface area contributed by atoms with Crippen LogP contribution in [0.5, 0.6) is 0 Å². The van der Waals surface area contributed by atoms with Gasteiger partial charge in [-0.25, -0.2) is 13.4 Å². The van der Waals surface area contributed by atoms with E-state index in [1.807, 2.05) is 6.07 Å². The average molecular weight is 470 g/mol. The number of carbonyl (C=O) groups is 1. The first-order valence-corrected chi connectivity index (χ1v) is 12.3. The van der Waals surface area contributed by atoms with Crippen LogP contribution in [-0.2, 0) is 9.84 Å². The van der Waals surface area contributed by atoms with Crippen LogP contribution in [0.2, 0.25) is 10.0 Å². The summed E-state index contributed by atoms with van der Waals surface area (Å²) in [5, 5.41) is 1.61. The van der Waals surface area contributed by atoms with Gasteiger partial charge in [0.15, 0.2) is 15.0 Å². The molecule has 2 aromatic carbocycles. The standard InChI is InChI=1S/C19H17Cl2N3O3S2/c1-29(26,27)16-4-2-3-15-17(16)22-19(28-15)24-7-5-23(6-8-24)18(25)12-9-13(20)11-14(21)10-12/h2-4,9-11H,5-8H2,1H3. The molecule has 0 bridgehead atoms. The van der Waals surface area contributed by atoms with Crippen molar-refractivity contribution < 1.29 is 13.2 Å². The Balaban J connectivity index is 1.52. The monoisotopic (exact) mass is 469 g/mol. The highest BCUT2D eigenvalue weighted by atomic mass is 35.5. The van der Waals surface area contributed by atoms with Crippen molar-refractivity contribution in [3.8, 4) is 0 Å². The highest BCUT2D eigenvalue weighted by molar-refractivity contribution is 7.91. The Bertz CT molecular complexity index is 1180. The van der Waals surface area contributed by atoms with Crippen LogP contribution in [0, 0.1) is 0 Å². The number of para-hydroxylation sites is 1. The van der Waals surface area contributed by atoms with Crippen molar-refractivity contribution in [2.75, 3.05) is 37.3 Å². The molecule has 1 saturated heterocycles. The molecule has 0 saturated carbocycles. The van der Waals surface area contributed by atoms with Gasteiger partial charge >= 0.3 is 0 Å². The number of nitrogens with zero attached hydrogens (tertiary/aromatic N) is 3. The number of hydrogen-bond donors (Lipinski definition) is 0. The lowest BCUT2D eigenvalue weighted by molar-refractivity contribution is 0.0746. The number of thiazole rings is 1. The minimum absolute atomic E-state index is 0.113. The number of amides is 1. The van der Waals surface area contributed by atoms with Crippen molar-refractivity contribution in [1.82, 2.24) is 9.88 Å². The van der Waals surface area contributed by atoms with E-state index in [9.17, 15) is 13.2 Å². The molecule has 1 aliphatic rings. The summed E-state index contributed by atoms with van der Waals surface area (Å²) in [6, 6.07) is 10.00. The Morgan fingerprint density at radius 2 is 1.72 bits per heavy atom. The largest absolute Gasteiger partial charge is 0.345 e. The van der Waals surface area contributed by atoms with Gasteiger partial charge in [-0.15, -0.1) is 0 Å². The maximum absolute atomic E-state index is 12.8. The molecule has 152 valence electrons. The Morgan fingerprint density at radius 1 is 1.07 bits per heavy atom. The van der Waals surface area contributed by atoms with Crippen molar-refractivity contribution in [1.29, 1.82) is 0 Å². The van der Waals surface area contributed by atoms with Crippen LogP contribution in [0.25, 0.3) is 10.2 Å². The molecule has 0 unspecified atom stereocenters. The second-order valence-corrected chi connectivity index (χ2v) is 10.7. The quantitative estimate of drug-likeness (QED) is 0.580. The summed E-state index contributed by atoms with van der Waals surface area (Å²) in [4.78, 5) is 21.4. The van der Waals surface area contributed by atoms with Gasteiger partial charge in [-0.2, -0.15) is 0 Å². The van der Waals surface area contributed by atoms with E-state index in [0.29, 0.717) is 47.3 Å². The van der Waals surface area contributed by atoms with Gasteiger partial charge < -0.3 is 9.80 Å². The highest BCUT2D eigenvalue weighted by Crippen LogP contribution is 2.33. The van der Waals surface area contributed by atoms with Crippen LogP contribution in [0.4, 0.5) is 5.13 Å². The number of hydrogen-bond acceptors (Lipinski definition) is 6. The smallest absolute Gasteiger partial charge is 0.254 e. The van der Waals surface area contributed by atoms with Gasteiger partial charge in [-0.1, -0.05) is 40.6 Å². The van der Waals surface area contributed by atoms with E-state index in [2.05, 4.69) is 9.88 Å². The van der Waals surface area contributed by atoms with Crippen LogP contribution in [-0.4, -0.2) is 56.6 Å². The number of piperazine rings is 1. The average Bonchev–Trinajstić information content (AvgIpc) is 3.10. The van der Waals surface area contributed by atoms with Gasteiger partial charge in [0.05, 0.1) is 9.60 Å². The second-order valence-electron chi connectivity index (χ2n) is 6.81. The fourth-order valence-corrected chi connectivity index (χ4v) is 5.77. The maximum Gasteiger partial charge on any atom is 0.254 e. The summed E-state index contributed by atoms with van der Waals surface area (Å²) in [6.45, 7) is 2.26. The van der Waals surface area contributed by atoms with Crippen LogP contribution in [0.3, 0.4) is 0 Å². The predicted molar refractivity (Wildman–Crippen MR) is 117 cm³/mol. The van der Waals surface area contributed by atoms with Gasteiger partial charge in [-0.05, 0) is 30.3 Å². The molecule has 0 spiro atoms. The van der Waals surface area contributed by atoms with E-state index < -0.39 is 9.84 Å². The molecule has 2 heterocycles. The number of halogens is 2. The fraction of sp³-hybridized carbons (Fsp3) is 0.263. The normalized spacial score (nSPS) is 15.1. The molecule has 0 atom stereocenters. The molecule has 3 aromatic rings. The van der Waals surface area contributed by atoms with Gasteiger partial charge in [0.25, 0.3) is 5.91 Å². The van der Waals surface area contributed by atoms with Crippen molar-refractivity contribution in [3.63, 3.8) is 0 Å². The number of aromatic nitrogens is 1. The summed E-state index contributed by atoms with van der Waals surface area (Å²) in [5.41, 5.74) is 0.968. The molecule has 4 rings (SSSR count). The Hall–Kier alpha value is -1.87. The van der Waals surface area contributed by atoms with Crippen LogP contribution in [0.1, 0.15) is 10.4 Å². The minimum atomic E-state index is -3.35. The minimum Gasteiger partial charge on any atom is -0.345 e. The van der Waals surface area contributed by atoms with Gasteiger partial charge in [-0.3, -0.25) is 4.79 Å². The number of fused-ring (bicyclic) bond motifs is 1. The molecule has 6 nitrogen and oxygen atoms in total. The molecule has 29 heavy (non-hydrogen) atoms. The van der Waals surface area contributed by atoms with Crippen molar-refractivity contribution in [2.24, 2.45) is 0 Å². The third-order valence-electron chi connectivity index (χ3n) is 4.72. The third kappa shape index (κ3) is 4.21. The molecular formula is C19H17Cl2N3O3S2. The SMILES string of the molecule is CS(=O)(=O)c1cccc2sc(N3CCN(C(=O)c4cc(Cl)cc(Cl)c4)CC3)nc12. The van der Waals surface area contributed by atoms with E-state index in [4.69, 9.17) is 23.2 Å². The number of sulfone groups is 1. The molecular weight excluding hydrogens is 453 g/mol. The van der Waals surface area contributed by atoms with Gasteiger partial charge in [0.2, 0.25) is 0 Å². The second kappa shape index (κ2) is 7.75. The third-order valence-corrected chi connectivity index (χ3v) is 7.36. The van der Waals surface area contributed by atoms with E-state index in [0.717, 1.165) is 9.83 Å². The van der Waals surface area contributed by atoms with Crippen molar-refractivity contribution >= 4 is 65.6 Å². The van der Waals surface area contributed by atoms with Crippen LogP contribution < -0.4 is 4.90 Å². The topological polar surface area (TPSA) is 70.6 Å². The lowest BCUT2D eigenvalue weighted by Gasteiger charge is -2.34. The summed E-state index contributed by atoms with van der Waals surface area (Å²) < 4.78 is 24.9. The Morgan fingerprint density at radius 3 is 2.34 bits per heavy atom. The zero-order valence-corrected chi connectivity index (χ0v) is 18.6. The summed E-state index contributed by atoms with van der Waals surface area (Å²) in [5.74, 6) is -0.113. The van der Waals surface area contributed by atoms with Crippen molar-refractivity contribution in [3.05, 3.63) is 52.0 Å². The van der Waals surface area contributed by atoms with E-state index in [-0.39, 0.29) is 10.8 Å². The maximum atomic E-state index is 12.8. The Kier molecular flexibility index (Phi) is 5.46. The number of benzene rings is 2. The van der Waals surface area contributed by atoms with Gasteiger partial charge in [0, 0.05) is 48.0 Å². The molecule has 1 aliphatic heterocycles. The molecule has 0 radical (unpaired) electrons. The first-order valence-electron chi connectivity index (χ1n) is 8.82. The molecule has 1 fully saturated rings. The molecule has 1 amide bonds. The summed E-state index contributed by atoms with van der Waals surface area (Å²) in [6.07, 6.45) is 1.19. The molecule has 1 aromatic heterocycles. The molecule has 0 aliphatic carbocycles. The lowest BCUT2D eigenvalue weighted by atomic mass is 10.2. The molecule has 10 heteroatoms. The first kappa shape index (κ1) is 20.4. The summed E-state index contributed by atoms with van der Waals surface area (Å²) in [7, 11) is -3.35. The zero-order valence-electron chi connectivity index (χ0n) is 15.4. The first-order chi connectivity index (χ1) is 13.7. The number of anilines is 1. The molecule has 0 N–H and O–H groups in total. The van der Waals surface area contributed by atoms with E-state index >= 15 is 0 Å². The predicted octanol–water partition coefficient (Wildman–Crippen LogP) is 3.97. The van der Waals surface area contributed by atoms with Gasteiger partial charge in [0.1, 0.15) is 5.52 Å². The highest BCUT2D eigenvalue weighted by Gasteiger charge is 2.25. The lowest BCUT2D eigenvalue weighted by Crippen LogP contribution is -2.48. The van der Waals surface area contributed by atoms with E-state index in [1.165, 1.54) is 17.6 Å².